The van der Waals surface area contributed by atoms with Gasteiger partial charge in [-0.15, -0.1) is 0 Å². The number of hydrogen-bond donors (Lipinski definition) is 1. The highest BCUT2D eigenvalue weighted by Crippen LogP contribution is 2.44. The van der Waals surface area contributed by atoms with E-state index in [4.69, 9.17) is 4.74 Å². The Morgan fingerprint density at radius 1 is 1.25 bits per heavy atom. The third kappa shape index (κ3) is 2.04. The Morgan fingerprint density at radius 2 is 1.81 bits per heavy atom. The van der Waals surface area contributed by atoms with Crippen molar-refractivity contribution in [2.24, 2.45) is 0 Å². The van der Waals surface area contributed by atoms with Crippen molar-refractivity contribution in [3.8, 4) is 11.5 Å². The third-order valence-electron chi connectivity index (χ3n) is 2.14. The molecule has 0 saturated carbocycles. The summed E-state index contributed by atoms with van der Waals surface area (Å²) >= 11 is 6.40. The maximum atomic E-state index is 11.5. The van der Waals surface area contributed by atoms with Crippen molar-refractivity contribution in [1.29, 1.82) is 0 Å². The minimum absolute atomic E-state index is 0.0412. The number of phenolic OH excluding ortho intramolecular Hbond substituents is 1. The van der Waals surface area contributed by atoms with Crippen LogP contribution in [0.25, 0.3) is 0 Å². The van der Waals surface area contributed by atoms with Gasteiger partial charge in [0.25, 0.3) is 0 Å². The van der Waals surface area contributed by atoms with Crippen molar-refractivity contribution >= 4 is 37.8 Å². The molecule has 0 spiro atoms. The first-order valence-corrected chi connectivity index (χ1v) is 5.87. The topological polar surface area (TPSA) is 55.8 Å². The quantitative estimate of drug-likeness (QED) is 0.830. The van der Waals surface area contributed by atoms with Crippen molar-refractivity contribution in [2.45, 2.75) is 6.92 Å². The summed E-state index contributed by atoms with van der Waals surface area (Å²) in [5, 5.41) is 9.81. The molecule has 0 aliphatic carbocycles. The molecule has 16 heavy (non-hydrogen) atoms. The van der Waals surface area contributed by atoms with Crippen molar-refractivity contribution in [2.75, 3.05) is 14.2 Å². The molecule has 0 amide bonds. The van der Waals surface area contributed by atoms with E-state index in [-0.39, 0.29) is 15.8 Å². The van der Waals surface area contributed by atoms with E-state index in [2.05, 4.69) is 36.6 Å². The zero-order valence-corrected chi connectivity index (χ0v) is 12.1. The van der Waals surface area contributed by atoms with Gasteiger partial charge < -0.3 is 14.6 Å². The number of phenols is 1. The van der Waals surface area contributed by atoms with Crippen LogP contribution in [0.5, 0.6) is 11.5 Å². The monoisotopic (exact) mass is 352 g/mol. The molecule has 0 unspecified atom stereocenters. The lowest BCUT2D eigenvalue weighted by Crippen LogP contribution is -2.06. The van der Waals surface area contributed by atoms with Gasteiger partial charge in [0.05, 0.1) is 28.7 Å². The van der Waals surface area contributed by atoms with Crippen LogP contribution in [0.2, 0.25) is 0 Å². The fourth-order valence-corrected chi connectivity index (χ4v) is 3.03. The third-order valence-corrected chi connectivity index (χ3v) is 3.66. The molecule has 0 radical (unpaired) electrons. The molecule has 1 aromatic carbocycles. The summed E-state index contributed by atoms with van der Waals surface area (Å²) in [5.41, 5.74) is 0.733. The highest BCUT2D eigenvalue weighted by molar-refractivity contribution is 9.11. The van der Waals surface area contributed by atoms with Gasteiger partial charge in [0, 0.05) is 5.56 Å². The first-order chi connectivity index (χ1) is 7.45. The van der Waals surface area contributed by atoms with E-state index in [0.29, 0.717) is 15.8 Å². The van der Waals surface area contributed by atoms with Crippen molar-refractivity contribution in [3.05, 3.63) is 20.1 Å². The first-order valence-electron chi connectivity index (χ1n) is 4.28. The molecule has 0 aliphatic heterocycles. The Balaban J connectivity index is 3.62. The van der Waals surface area contributed by atoms with Crippen molar-refractivity contribution < 1.29 is 19.4 Å². The molecule has 1 N–H and O–H groups in total. The Morgan fingerprint density at radius 3 is 2.25 bits per heavy atom. The molecule has 0 fully saturated rings. The van der Waals surface area contributed by atoms with Crippen LogP contribution in [-0.2, 0) is 4.74 Å². The van der Waals surface area contributed by atoms with E-state index >= 15 is 0 Å². The normalized spacial score (nSPS) is 10.1. The van der Waals surface area contributed by atoms with Gasteiger partial charge in [-0.05, 0) is 38.8 Å². The Hall–Kier alpha value is -0.750. The number of halogens is 2. The molecule has 0 heterocycles. The number of aromatic hydroxyl groups is 1. The molecule has 4 nitrogen and oxygen atoms in total. The molecule has 6 heteroatoms. The van der Waals surface area contributed by atoms with E-state index in [1.165, 1.54) is 14.2 Å². The molecule has 88 valence electrons. The molecule has 1 rings (SSSR count). The second-order valence-corrected chi connectivity index (χ2v) is 4.59. The lowest BCUT2D eigenvalue weighted by Gasteiger charge is -2.14. The SMILES string of the molecule is COC(=O)c1c(Br)c(O)c(C)c(OC)c1Br. The predicted octanol–water partition coefficient (Wildman–Crippen LogP) is 3.02. The van der Waals surface area contributed by atoms with E-state index in [1.807, 2.05) is 0 Å². The number of carbonyl (C=O) groups excluding carboxylic acids is 1. The van der Waals surface area contributed by atoms with Gasteiger partial charge >= 0.3 is 5.97 Å². The average molecular weight is 354 g/mol. The summed E-state index contributed by atoms with van der Waals surface area (Å²) in [5.74, 6) is -0.200. The van der Waals surface area contributed by atoms with Crippen LogP contribution in [0.4, 0.5) is 0 Å². The second kappa shape index (κ2) is 5.05. The van der Waals surface area contributed by atoms with Gasteiger partial charge in [-0.2, -0.15) is 0 Å². The standard InChI is InChI=1S/C10H10Br2O4/c1-4-8(13)6(11)5(10(14)16-3)7(12)9(4)15-2/h13H,1-3H3. The maximum absolute atomic E-state index is 11.5. The zero-order chi connectivity index (χ0) is 12.5. The Bertz CT molecular complexity index is 443. The lowest BCUT2D eigenvalue weighted by atomic mass is 10.1. The fraction of sp³-hybridized carbons (Fsp3) is 0.300. The lowest BCUT2D eigenvalue weighted by molar-refractivity contribution is 0.0597. The van der Waals surface area contributed by atoms with Crippen LogP contribution in [0.15, 0.2) is 8.95 Å². The average Bonchev–Trinajstić information content (AvgIpc) is 2.27. The molecule has 0 bridgehead atoms. The summed E-state index contributed by atoms with van der Waals surface area (Å²) in [6.45, 7) is 1.69. The fourth-order valence-electron chi connectivity index (χ4n) is 1.29. The van der Waals surface area contributed by atoms with E-state index in [1.54, 1.807) is 6.92 Å². The van der Waals surface area contributed by atoms with Gasteiger partial charge in [-0.1, -0.05) is 0 Å². The maximum Gasteiger partial charge on any atom is 0.340 e. The largest absolute Gasteiger partial charge is 0.506 e. The van der Waals surface area contributed by atoms with Gasteiger partial charge in [-0.25, -0.2) is 4.79 Å². The minimum Gasteiger partial charge on any atom is -0.506 e. The van der Waals surface area contributed by atoms with Crippen LogP contribution >= 0.6 is 31.9 Å². The first kappa shape index (κ1) is 13.3. The summed E-state index contributed by atoms with van der Waals surface area (Å²) < 4.78 is 10.5. The molecular weight excluding hydrogens is 344 g/mol. The number of ether oxygens (including phenoxy) is 2. The Kier molecular flexibility index (Phi) is 4.21. The summed E-state index contributed by atoms with van der Waals surface area (Å²) in [6, 6.07) is 0. The van der Waals surface area contributed by atoms with E-state index < -0.39 is 5.97 Å². The van der Waals surface area contributed by atoms with Gasteiger partial charge in [0.15, 0.2) is 0 Å². The molecule has 1 aromatic rings. The Labute approximate surface area is 110 Å². The van der Waals surface area contributed by atoms with Crippen LogP contribution in [0.3, 0.4) is 0 Å². The van der Waals surface area contributed by atoms with Crippen LogP contribution in [0, 0.1) is 6.92 Å². The molecule has 0 aliphatic rings. The number of carbonyl (C=O) groups is 1. The molecular formula is C10H10Br2O4. The van der Waals surface area contributed by atoms with Crippen LogP contribution < -0.4 is 4.74 Å². The minimum atomic E-state index is -0.563. The van der Waals surface area contributed by atoms with E-state index in [0.717, 1.165) is 0 Å². The number of esters is 1. The van der Waals surface area contributed by atoms with Gasteiger partial charge in [0.2, 0.25) is 0 Å². The molecule has 0 aromatic heterocycles. The number of hydrogen-bond acceptors (Lipinski definition) is 4. The van der Waals surface area contributed by atoms with E-state index in [9.17, 15) is 9.90 Å². The van der Waals surface area contributed by atoms with Gasteiger partial charge in [-0.3, -0.25) is 0 Å². The summed E-state index contributed by atoms with van der Waals surface area (Å²) in [6.07, 6.45) is 0. The van der Waals surface area contributed by atoms with Crippen molar-refractivity contribution in [3.63, 3.8) is 0 Å². The predicted molar refractivity (Wildman–Crippen MR) is 66.1 cm³/mol. The number of benzene rings is 1. The summed E-state index contributed by atoms with van der Waals surface area (Å²) in [4.78, 5) is 11.5. The second-order valence-electron chi connectivity index (χ2n) is 3.00. The summed E-state index contributed by atoms with van der Waals surface area (Å²) in [7, 11) is 2.73. The highest BCUT2D eigenvalue weighted by atomic mass is 79.9. The smallest absolute Gasteiger partial charge is 0.340 e. The van der Waals surface area contributed by atoms with Gasteiger partial charge in [0.1, 0.15) is 11.5 Å². The van der Waals surface area contributed by atoms with Crippen LogP contribution in [-0.4, -0.2) is 25.3 Å². The highest BCUT2D eigenvalue weighted by Gasteiger charge is 2.24. The zero-order valence-electron chi connectivity index (χ0n) is 8.93. The molecule has 0 atom stereocenters. The molecule has 0 saturated heterocycles. The number of rotatable bonds is 2. The van der Waals surface area contributed by atoms with Crippen LogP contribution in [0.1, 0.15) is 15.9 Å². The number of methoxy groups -OCH3 is 2. The van der Waals surface area contributed by atoms with Crippen molar-refractivity contribution in [1.82, 2.24) is 0 Å².